The Balaban J connectivity index is 1.96. The summed E-state index contributed by atoms with van der Waals surface area (Å²) in [6, 6.07) is 4.07. The van der Waals surface area contributed by atoms with Gasteiger partial charge in [-0.25, -0.2) is 4.79 Å². The molecule has 0 aliphatic carbocycles. The molecule has 7 heteroatoms. The number of alkyl halides is 3. The number of amides is 2. The van der Waals surface area contributed by atoms with Gasteiger partial charge in [0.2, 0.25) is 0 Å². The highest BCUT2D eigenvalue weighted by molar-refractivity contribution is 5.89. The van der Waals surface area contributed by atoms with E-state index in [2.05, 4.69) is 16.0 Å². The van der Waals surface area contributed by atoms with E-state index in [0.29, 0.717) is 12.5 Å². The van der Waals surface area contributed by atoms with Crippen LogP contribution in [0.15, 0.2) is 24.3 Å². The molecule has 116 valence electrons. The summed E-state index contributed by atoms with van der Waals surface area (Å²) in [6.07, 6.45) is -3.47. The number of hydrogen-bond donors (Lipinski definition) is 3. The first-order chi connectivity index (χ1) is 9.86. The first-order valence-corrected chi connectivity index (χ1v) is 6.82. The average molecular weight is 301 g/mol. The molecule has 21 heavy (non-hydrogen) atoms. The molecular weight excluding hydrogens is 283 g/mol. The largest absolute Gasteiger partial charge is 0.416 e. The maximum absolute atomic E-state index is 12.6. The highest BCUT2D eigenvalue weighted by atomic mass is 19.4. The van der Waals surface area contributed by atoms with Crippen molar-refractivity contribution < 1.29 is 18.0 Å². The normalized spacial score (nSPS) is 22.7. The summed E-state index contributed by atoms with van der Waals surface area (Å²) in [7, 11) is 0. The van der Waals surface area contributed by atoms with Crippen molar-refractivity contribution in [1.82, 2.24) is 10.6 Å². The molecule has 1 aromatic rings. The maximum atomic E-state index is 12.6. The molecular formula is C14H18F3N3O. The number of benzene rings is 1. The van der Waals surface area contributed by atoms with E-state index in [1.807, 2.05) is 6.92 Å². The first kappa shape index (κ1) is 15.6. The number of rotatable bonds is 2. The lowest BCUT2D eigenvalue weighted by Gasteiger charge is -2.30. The van der Waals surface area contributed by atoms with E-state index in [0.717, 1.165) is 25.1 Å². The van der Waals surface area contributed by atoms with Gasteiger partial charge in [0.1, 0.15) is 0 Å². The van der Waals surface area contributed by atoms with Crippen molar-refractivity contribution in [3.63, 3.8) is 0 Å². The molecule has 1 aliphatic rings. The molecule has 1 aliphatic heterocycles. The molecule has 1 fully saturated rings. The van der Waals surface area contributed by atoms with Crippen LogP contribution in [0.25, 0.3) is 0 Å². The first-order valence-electron chi connectivity index (χ1n) is 6.82. The van der Waals surface area contributed by atoms with E-state index >= 15 is 0 Å². The Morgan fingerprint density at radius 3 is 2.81 bits per heavy atom. The minimum absolute atomic E-state index is 0.0236. The van der Waals surface area contributed by atoms with Gasteiger partial charge < -0.3 is 16.0 Å². The second kappa shape index (κ2) is 6.34. The van der Waals surface area contributed by atoms with Crippen LogP contribution < -0.4 is 16.0 Å². The lowest BCUT2D eigenvalue weighted by atomic mass is 9.95. The minimum Gasteiger partial charge on any atom is -0.334 e. The van der Waals surface area contributed by atoms with Crippen molar-refractivity contribution in [2.45, 2.75) is 25.6 Å². The van der Waals surface area contributed by atoms with Crippen LogP contribution in [0, 0.1) is 5.92 Å². The van der Waals surface area contributed by atoms with Crippen molar-refractivity contribution >= 4 is 11.7 Å². The zero-order chi connectivity index (χ0) is 15.5. The highest BCUT2D eigenvalue weighted by Gasteiger charge is 2.30. The van der Waals surface area contributed by atoms with E-state index in [4.69, 9.17) is 0 Å². The molecule has 0 radical (unpaired) electrons. The second-order valence-corrected chi connectivity index (χ2v) is 5.25. The Hall–Kier alpha value is -1.76. The molecule has 0 bridgehead atoms. The Morgan fingerprint density at radius 1 is 1.38 bits per heavy atom. The molecule has 0 spiro atoms. The molecule has 2 amide bonds. The molecule has 4 nitrogen and oxygen atoms in total. The molecule has 1 aromatic carbocycles. The van der Waals surface area contributed by atoms with Crippen molar-refractivity contribution in [3.8, 4) is 0 Å². The van der Waals surface area contributed by atoms with Gasteiger partial charge >= 0.3 is 12.2 Å². The monoisotopic (exact) mass is 301 g/mol. The van der Waals surface area contributed by atoms with E-state index < -0.39 is 17.8 Å². The van der Waals surface area contributed by atoms with Crippen LogP contribution in [0.2, 0.25) is 0 Å². The molecule has 2 rings (SSSR count). The molecule has 1 saturated heterocycles. The van der Waals surface area contributed by atoms with Gasteiger partial charge in [-0.3, -0.25) is 0 Å². The number of carbonyl (C=O) groups is 1. The smallest absolute Gasteiger partial charge is 0.334 e. The molecule has 1 heterocycles. The SMILES string of the molecule is CC1CCNCC1NC(=O)Nc1cccc(C(F)(F)F)c1. The third-order valence-corrected chi connectivity index (χ3v) is 3.59. The van der Waals surface area contributed by atoms with Crippen molar-refractivity contribution in [3.05, 3.63) is 29.8 Å². The van der Waals surface area contributed by atoms with Crippen molar-refractivity contribution in [2.75, 3.05) is 18.4 Å². The van der Waals surface area contributed by atoms with Gasteiger partial charge in [0, 0.05) is 18.3 Å². The van der Waals surface area contributed by atoms with Crippen LogP contribution in [0.5, 0.6) is 0 Å². The van der Waals surface area contributed by atoms with Crippen molar-refractivity contribution in [2.24, 2.45) is 5.92 Å². The summed E-state index contributed by atoms with van der Waals surface area (Å²) in [5.41, 5.74) is -0.660. The van der Waals surface area contributed by atoms with Gasteiger partial charge in [0.15, 0.2) is 0 Å². The number of anilines is 1. The number of piperidine rings is 1. The van der Waals surface area contributed by atoms with E-state index in [1.54, 1.807) is 0 Å². The van der Waals surface area contributed by atoms with Crippen LogP contribution in [0.3, 0.4) is 0 Å². The lowest BCUT2D eigenvalue weighted by Crippen LogP contribution is -2.51. The van der Waals surface area contributed by atoms with Gasteiger partial charge in [-0.15, -0.1) is 0 Å². The predicted octanol–water partition coefficient (Wildman–Crippen LogP) is 2.82. The zero-order valence-corrected chi connectivity index (χ0v) is 11.6. The van der Waals surface area contributed by atoms with Crippen molar-refractivity contribution in [1.29, 1.82) is 0 Å². The fourth-order valence-corrected chi connectivity index (χ4v) is 2.29. The van der Waals surface area contributed by atoms with Gasteiger partial charge in [0.05, 0.1) is 5.56 Å². The third-order valence-electron chi connectivity index (χ3n) is 3.59. The minimum atomic E-state index is -4.42. The molecule has 2 atom stereocenters. The van der Waals surface area contributed by atoms with E-state index in [-0.39, 0.29) is 11.7 Å². The highest BCUT2D eigenvalue weighted by Crippen LogP contribution is 2.30. The fourth-order valence-electron chi connectivity index (χ4n) is 2.29. The van der Waals surface area contributed by atoms with Crippen LogP contribution in [0.1, 0.15) is 18.9 Å². The number of carbonyl (C=O) groups excluding carboxylic acids is 1. The third kappa shape index (κ3) is 4.35. The molecule has 3 N–H and O–H groups in total. The Kier molecular flexibility index (Phi) is 4.72. The summed E-state index contributed by atoms with van der Waals surface area (Å²) in [5, 5.41) is 8.40. The number of hydrogen-bond acceptors (Lipinski definition) is 2. The van der Waals surface area contributed by atoms with Crippen LogP contribution >= 0.6 is 0 Å². The van der Waals surface area contributed by atoms with Gasteiger partial charge in [-0.1, -0.05) is 13.0 Å². The Labute approximate surface area is 121 Å². The lowest BCUT2D eigenvalue weighted by molar-refractivity contribution is -0.137. The van der Waals surface area contributed by atoms with Gasteiger partial charge in [-0.2, -0.15) is 13.2 Å². The van der Waals surface area contributed by atoms with E-state index in [1.165, 1.54) is 12.1 Å². The molecule has 2 unspecified atom stereocenters. The summed E-state index contributed by atoms with van der Waals surface area (Å²) in [6.45, 7) is 3.61. The van der Waals surface area contributed by atoms with E-state index in [9.17, 15) is 18.0 Å². The standard InChI is InChI=1S/C14H18F3N3O/c1-9-5-6-18-8-12(9)20-13(21)19-11-4-2-3-10(7-11)14(15,16)17/h2-4,7,9,12,18H,5-6,8H2,1H3,(H2,19,20,21). The zero-order valence-electron chi connectivity index (χ0n) is 11.6. The van der Waals surface area contributed by atoms with Crippen LogP contribution in [-0.4, -0.2) is 25.2 Å². The fraction of sp³-hybridized carbons (Fsp3) is 0.500. The molecule has 0 saturated carbocycles. The van der Waals surface area contributed by atoms with Gasteiger partial charge in [-0.05, 0) is 37.1 Å². The molecule has 0 aromatic heterocycles. The topological polar surface area (TPSA) is 53.2 Å². The quantitative estimate of drug-likeness (QED) is 0.787. The number of nitrogens with one attached hydrogen (secondary N) is 3. The van der Waals surface area contributed by atoms with Crippen LogP contribution in [-0.2, 0) is 6.18 Å². The Bertz CT molecular complexity index is 504. The Morgan fingerprint density at radius 2 is 2.14 bits per heavy atom. The average Bonchev–Trinajstić information content (AvgIpc) is 2.41. The number of urea groups is 1. The summed E-state index contributed by atoms with van der Waals surface area (Å²) in [4.78, 5) is 11.9. The number of halogens is 3. The van der Waals surface area contributed by atoms with Crippen LogP contribution in [0.4, 0.5) is 23.7 Å². The summed E-state index contributed by atoms with van der Waals surface area (Å²) >= 11 is 0. The summed E-state index contributed by atoms with van der Waals surface area (Å²) < 4.78 is 37.8. The van der Waals surface area contributed by atoms with Gasteiger partial charge in [0.25, 0.3) is 0 Å². The predicted molar refractivity (Wildman–Crippen MR) is 74.0 cm³/mol. The second-order valence-electron chi connectivity index (χ2n) is 5.25. The maximum Gasteiger partial charge on any atom is 0.416 e. The summed E-state index contributed by atoms with van der Waals surface area (Å²) in [5.74, 6) is 0.332.